The maximum Gasteiger partial charge on any atom is 0.339 e. The van der Waals surface area contributed by atoms with Gasteiger partial charge < -0.3 is 10.1 Å². The summed E-state index contributed by atoms with van der Waals surface area (Å²) in [6.45, 7) is 3.71. The van der Waals surface area contributed by atoms with E-state index in [9.17, 15) is 9.59 Å². The number of ether oxygens (including phenoxy) is 1. The molecule has 0 spiro atoms. The Bertz CT molecular complexity index is 430. The van der Waals surface area contributed by atoms with E-state index in [-0.39, 0.29) is 5.91 Å². The SMILES string of the molecule is CCCC(=O)Nc1ncc(C(=O)OC)cc1C. The van der Waals surface area contributed by atoms with Gasteiger partial charge >= 0.3 is 5.97 Å². The second kappa shape index (κ2) is 5.98. The van der Waals surface area contributed by atoms with E-state index < -0.39 is 5.97 Å². The molecule has 1 aromatic rings. The second-order valence-electron chi connectivity index (χ2n) is 3.68. The van der Waals surface area contributed by atoms with Crippen LogP contribution in [-0.4, -0.2) is 24.0 Å². The number of carbonyl (C=O) groups excluding carboxylic acids is 2. The van der Waals surface area contributed by atoms with Gasteiger partial charge in [0.05, 0.1) is 12.7 Å². The fourth-order valence-corrected chi connectivity index (χ4v) is 1.36. The van der Waals surface area contributed by atoms with Gasteiger partial charge in [0.25, 0.3) is 0 Å². The van der Waals surface area contributed by atoms with Crippen LogP contribution in [0.3, 0.4) is 0 Å². The highest BCUT2D eigenvalue weighted by molar-refractivity contribution is 5.92. The summed E-state index contributed by atoms with van der Waals surface area (Å²) in [5, 5.41) is 2.69. The summed E-state index contributed by atoms with van der Waals surface area (Å²) in [4.78, 5) is 26.7. The van der Waals surface area contributed by atoms with Gasteiger partial charge in [-0.3, -0.25) is 4.79 Å². The van der Waals surface area contributed by atoms with Crippen molar-refractivity contribution < 1.29 is 14.3 Å². The number of aryl methyl sites for hydroxylation is 1. The molecule has 1 rings (SSSR count). The Labute approximate surface area is 100 Å². The highest BCUT2D eigenvalue weighted by Crippen LogP contribution is 2.13. The van der Waals surface area contributed by atoms with Crippen LogP contribution in [0, 0.1) is 6.92 Å². The third kappa shape index (κ3) is 3.55. The third-order valence-corrected chi connectivity index (χ3v) is 2.23. The zero-order valence-corrected chi connectivity index (χ0v) is 10.2. The van der Waals surface area contributed by atoms with Crippen molar-refractivity contribution >= 4 is 17.7 Å². The van der Waals surface area contributed by atoms with Crippen LogP contribution in [0.5, 0.6) is 0 Å². The molecule has 5 nitrogen and oxygen atoms in total. The second-order valence-corrected chi connectivity index (χ2v) is 3.68. The molecule has 5 heteroatoms. The fraction of sp³-hybridized carbons (Fsp3) is 0.417. The van der Waals surface area contributed by atoms with Crippen LogP contribution in [0.15, 0.2) is 12.3 Å². The Balaban J connectivity index is 2.83. The first-order valence-electron chi connectivity index (χ1n) is 5.43. The van der Waals surface area contributed by atoms with E-state index in [2.05, 4.69) is 15.0 Å². The highest BCUT2D eigenvalue weighted by Gasteiger charge is 2.10. The van der Waals surface area contributed by atoms with Gasteiger partial charge in [-0.05, 0) is 25.0 Å². The van der Waals surface area contributed by atoms with Crippen molar-refractivity contribution in [3.05, 3.63) is 23.4 Å². The van der Waals surface area contributed by atoms with Gasteiger partial charge in [-0.1, -0.05) is 6.92 Å². The highest BCUT2D eigenvalue weighted by atomic mass is 16.5. The minimum absolute atomic E-state index is 0.0751. The number of methoxy groups -OCH3 is 1. The molecule has 1 heterocycles. The smallest absolute Gasteiger partial charge is 0.339 e. The van der Waals surface area contributed by atoms with E-state index in [1.54, 1.807) is 13.0 Å². The molecule has 0 aromatic carbocycles. The number of pyridine rings is 1. The topological polar surface area (TPSA) is 68.3 Å². The Hall–Kier alpha value is -1.91. The number of esters is 1. The van der Waals surface area contributed by atoms with Crippen molar-refractivity contribution in [2.45, 2.75) is 26.7 Å². The van der Waals surface area contributed by atoms with Crippen LogP contribution in [0.25, 0.3) is 0 Å². The van der Waals surface area contributed by atoms with Crippen molar-refractivity contribution in [1.82, 2.24) is 4.98 Å². The molecule has 0 atom stereocenters. The van der Waals surface area contributed by atoms with Gasteiger partial charge in [-0.15, -0.1) is 0 Å². The normalized spacial score (nSPS) is 9.82. The molecule has 1 amide bonds. The molecule has 0 radical (unpaired) electrons. The molecule has 17 heavy (non-hydrogen) atoms. The average Bonchev–Trinajstić information content (AvgIpc) is 2.31. The van der Waals surface area contributed by atoms with E-state index in [1.165, 1.54) is 13.3 Å². The largest absolute Gasteiger partial charge is 0.465 e. The van der Waals surface area contributed by atoms with Crippen LogP contribution >= 0.6 is 0 Å². The predicted octanol–water partition coefficient (Wildman–Crippen LogP) is 1.92. The lowest BCUT2D eigenvalue weighted by Crippen LogP contribution is -2.13. The Morgan fingerprint density at radius 2 is 2.18 bits per heavy atom. The predicted molar refractivity (Wildman–Crippen MR) is 63.9 cm³/mol. The van der Waals surface area contributed by atoms with E-state index in [0.29, 0.717) is 17.8 Å². The number of aromatic nitrogens is 1. The minimum Gasteiger partial charge on any atom is -0.465 e. The fourth-order valence-electron chi connectivity index (χ4n) is 1.36. The number of hydrogen-bond donors (Lipinski definition) is 1. The summed E-state index contributed by atoms with van der Waals surface area (Å²) in [6, 6.07) is 1.64. The summed E-state index contributed by atoms with van der Waals surface area (Å²) in [5.74, 6) is -0.0305. The number of nitrogens with zero attached hydrogens (tertiary/aromatic N) is 1. The summed E-state index contributed by atoms with van der Waals surface area (Å²) < 4.78 is 4.58. The molecule has 0 aliphatic rings. The number of amides is 1. The zero-order chi connectivity index (χ0) is 12.8. The van der Waals surface area contributed by atoms with Crippen molar-refractivity contribution in [2.24, 2.45) is 0 Å². The molecule has 0 aliphatic carbocycles. The molecule has 1 aromatic heterocycles. The molecule has 0 saturated carbocycles. The Morgan fingerprint density at radius 3 is 2.71 bits per heavy atom. The average molecular weight is 236 g/mol. The lowest BCUT2D eigenvalue weighted by molar-refractivity contribution is -0.116. The molecule has 0 bridgehead atoms. The number of nitrogens with one attached hydrogen (secondary N) is 1. The van der Waals surface area contributed by atoms with Crippen LogP contribution < -0.4 is 5.32 Å². The number of carbonyl (C=O) groups is 2. The van der Waals surface area contributed by atoms with E-state index >= 15 is 0 Å². The molecule has 92 valence electrons. The Morgan fingerprint density at radius 1 is 1.47 bits per heavy atom. The van der Waals surface area contributed by atoms with Gasteiger partial charge in [0.15, 0.2) is 0 Å². The number of rotatable bonds is 4. The quantitative estimate of drug-likeness (QED) is 0.811. The lowest BCUT2D eigenvalue weighted by atomic mass is 10.2. The first kappa shape index (κ1) is 13.2. The Kier molecular flexibility index (Phi) is 4.63. The molecule has 0 unspecified atom stereocenters. The first-order chi connectivity index (χ1) is 8.08. The molecule has 1 N–H and O–H groups in total. The molecule has 0 fully saturated rings. The van der Waals surface area contributed by atoms with Crippen LogP contribution in [0.1, 0.15) is 35.7 Å². The number of anilines is 1. The maximum absolute atomic E-state index is 11.4. The van der Waals surface area contributed by atoms with Gasteiger partial charge in [-0.2, -0.15) is 0 Å². The minimum atomic E-state index is -0.438. The van der Waals surface area contributed by atoms with Gasteiger partial charge in [0.1, 0.15) is 5.82 Å². The summed E-state index contributed by atoms with van der Waals surface area (Å²) in [5.41, 5.74) is 1.11. The first-order valence-corrected chi connectivity index (χ1v) is 5.43. The lowest BCUT2D eigenvalue weighted by Gasteiger charge is -2.07. The standard InChI is InChI=1S/C12H16N2O3/c1-4-5-10(15)14-11-8(2)6-9(7-13-11)12(16)17-3/h6-7H,4-5H2,1-3H3,(H,13,14,15). The van der Waals surface area contributed by atoms with Crippen molar-refractivity contribution in [2.75, 3.05) is 12.4 Å². The van der Waals surface area contributed by atoms with Gasteiger partial charge in [0, 0.05) is 12.6 Å². The van der Waals surface area contributed by atoms with E-state index in [0.717, 1.165) is 12.0 Å². The monoisotopic (exact) mass is 236 g/mol. The summed E-state index contributed by atoms with van der Waals surface area (Å²) >= 11 is 0. The van der Waals surface area contributed by atoms with Gasteiger partial charge in [-0.25, -0.2) is 9.78 Å². The summed E-state index contributed by atoms with van der Waals surface area (Å²) in [6.07, 6.45) is 2.63. The molecular formula is C12H16N2O3. The number of hydrogen-bond acceptors (Lipinski definition) is 4. The third-order valence-electron chi connectivity index (χ3n) is 2.23. The van der Waals surface area contributed by atoms with Crippen LogP contribution in [-0.2, 0) is 9.53 Å². The van der Waals surface area contributed by atoms with Gasteiger partial charge in [0.2, 0.25) is 5.91 Å². The van der Waals surface area contributed by atoms with Crippen molar-refractivity contribution in [1.29, 1.82) is 0 Å². The molecular weight excluding hydrogens is 220 g/mol. The summed E-state index contributed by atoms with van der Waals surface area (Å²) in [7, 11) is 1.31. The zero-order valence-electron chi connectivity index (χ0n) is 10.2. The molecule has 0 saturated heterocycles. The van der Waals surface area contributed by atoms with Crippen LogP contribution in [0.4, 0.5) is 5.82 Å². The van der Waals surface area contributed by atoms with E-state index in [1.807, 2.05) is 6.92 Å². The van der Waals surface area contributed by atoms with Crippen LogP contribution in [0.2, 0.25) is 0 Å². The van der Waals surface area contributed by atoms with E-state index in [4.69, 9.17) is 0 Å². The maximum atomic E-state index is 11.4. The molecule has 0 aliphatic heterocycles. The van der Waals surface area contributed by atoms with Crippen molar-refractivity contribution in [3.63, 3.8) is 0 Å². The van der Waals surface area contributed by atoms with Crippen molar-refractivity contribution in [3.8, 4) is 0 Å².